The van der Waals surface area contributed by atoms with E-state index in [1.807, 2.05) is 0 Å². The van der Waals surface area contributed by atoms with Gasteiger partial charge in [0.1, 0.15) is 0 Å². The predicted octanol–water partition coefficient (Wildman–Crippen LogP) is 1.000. The van der Waals surface area contributed by atoms with Gasteiger partial charge < -0.3 is 20.4 Å². The van der Waals surface area contributed by atoms with Gasteiger partial charge in [-0.2, -0.15) is 0 Å². The van der Waals surface area contributed by atoms with E-state index in [4.69, 9.17) is 0 Å². The Morgan fingerprint density at radius 2 is 1.00 bits per heavy atom. The van der Waals surface area contributed by atoms with Crippen LogP contribution in [0, 0.1) is 22.2 Å². The number of rotatable bonds is 7. The molecule has 0 fully saturated rings. The van der Waals surface area contributed by atoms with Gasteiger partial charge in [0, 0.05) is 0 Å². The summed E-state index contributed by atoms with van der Waals surface area (Å²) in [5, 5.41) is 37.6. The fourth-order valence-electron chi connectivity index (χ4n) is 2.56. The maximum Gasteiger partial charge on any atom is 0.323 e. The molecule has 0 bridgehead atoms. The highest BCUT2D eigenvalue weighted by molar-refractivity contribution is 6.13. The molecular formula is C13H20O8. The normalized spacial score (nSPS) is 13.0. The molecule has 4 N–H and O–H groups in total. The minimum atomic E-state index is -3.05. The minimum Gasteiger partial charge on any atom is -0.480 e. The zero-order valence-electron chi connectivity index (χ0n) is 12.5. The Balaban J connectivity index is 7.02. The number of carbonyl (C=O) groups is 4. The molecule has 0 amide bonds. The molecule has 0 saturated carbocycles. The van der Waals surface area contributed by atoms with Crippen molar-refractivity contribution in [2.45, 2.75) is 34.6 Å². The molecule has 0 atom stereocenters. The highest BCUT2D eigenvalue weighted by Gasteiger charge is 2.75. The molecule has 0 spiro atoms. The Bertz CT molecular complexity index is 460. The lowest BCUT2D eigenvalue weighted by Gasteiger charge is -2.48. The van der Waals surface area contributed by atoms with Crippen LogP contribution in [0.4, 0.5) is 0 Å². The van der Waals surface area contributed by atoms with Crippen molar-refractivity contribution in [1.82, 2.24) is 0 Å². The van der Waals surface area contributed by atoms with E-state index in [1.165, 1.54) is 27.7 Å². The first-order chi connectivity index (χ1) is 9.22. The van der Waals surface area contributed by atoms with Crippen molar-refractivity contribution < 1.29 is 39.6 Å². The molecule has 0 aliphatic carbocycles. The molecule has 0 radical (unpaired) electrons. The maximum atomic E-state index is 11.8. The Hall–Kier alpha value is -2.12. The number of carboxylic acid groups (broad SMARTS) is 4. The van der Waals surface area contributed by atoms with Crippen LogP contribution in [0.15, 0.2) is 0 Å². The monoisotopic (exact) mass is 304 g/mol. The van der Waals surface area contributed by atoms with E-state index in [9.17, 15) is 39.6 Å². The van der Waals surface area contributed by atoms with E-state index in [0.29, 0.717) is 6.92 Å². The van der Waals surface area contributed by atoms with Gasteiger partial charge in [0.25, 0.3) is 0 Å². The van der Waals surface area contributed by atoms with Crippen LogP contribution < -0.4 is 0 Å². The van der Waals surface area contributed by atoms with Crippen LogP contribution in [0.2, 0.25) is 0 Å². The van der Waals surface area contributed by atoms with Crippen LogP contribution in [0.25, 0.3) is 0 Å². The zero-order chi connectivity index (χ0) is 17.4. The summed E-state index contributed by atoms with van der Waals surface area (Å²) in [6, 6.07) is 0. The summed E-state index contributed by atoms with van der Waals surface area (Å²) in [5.41, 5.74) is -7.75. The standard InChI is InChI=1S/C13H20O8/c1-6(2)11(3,4)13(9(18)19,10(20)21)12(5,7(14)15)8(16)17/h6H,1-5H3,(H,14,15)(H,16,17)(H,18,19)(H,20,21). The van der Waals surface area contributed by atoms with E-state index >= 15 is 0 Å². The molecule has 0 aliphatic rings. The molecule has 0 rings (SSSR count). The van der Waals surface area contributed by atoms with Gasteiger partial charge in [0.15, 0.2) is 10.8 Å². The first kappa shape index (κ1) is 18.9. The largest absolute Gasteiger partial charge is 0.480 e. The minimum absolute atomic E-state index is 0.609. The van der Waals surface area contributed by atoms with Crippen molar-refractivity contribution in [1.29, 1.82) is 0 Å². The molecule has 0 saturated heterocycles. The Morgan fingerprint density at radius 3 is 1.14 bits per heavy atom. The molecule has 120 valence electrons. The Labute approximate surface area is 121 Å². The maximum absolute atomic E-state index is 11.8. The lowest BCUT2D eigenvalue weighted by atomic mass is 9.49. The average Bonchev–Trinajstić information content (AvgIpc) is 2.26. The summed E-state index contributed by atoms with van der Waals surface area (Å²) in [7, 11) is 0. The second kappa shape index (κ2) is 5.34. The molecule has 0 unspecified atom stereocenters. The van der Waals surface area contributed by atoms with Gasteiger partial charge in [-0.25, -0.2) is 0 Å². The van der Waals surface area contributed by atoms with Crippen molar-refractivity contribution in [3.63, 3.8) is 0 Å². The van der Waals surface area contributed by atoms with Gasteiger partial charge >= 0.3 is 23.9 Å². The Kier molecular flexibility index (Phi) is 4.80. The second-order valence-corrected chi connectivity index (χ2v) is 5.97. The first-order valence-electron chi connectivity index (χ1n) is 6.15. The van der Waals surface area contributed by atoms with Crippen LogP contribution in [-0.4, -0.2) is 44.3 Å². The highest BCUT2D eigenvalue weighted by Crippen LogP contribution is 2.56. The van der Waals surface area contributed by atoms with E-state index < -0.39 is 46.0 Å². The summed E-state index contributed by atoms with van der Waals surface area (Å²) in [6.45, 7) is 6.10. The van der Waals surface area contributed by atoms with Crippen LogP contribution >= 0.6 is 0 Å². The topological polar surface area (TPSA) is 149 Å². The van der Waals surface area contributed by atoms with Crippen molar-refractivity contribution in [3.05, 3.63) is 0 Å². The van der Waals surface area contributed by atoms with E-state index in [1.54, 1.807) is 0 Å². The van der Waals surface area contributed by atoms with Gasteiger partial charge in [-0.1, -0.05) is 27.7 Å². The molecule has 0 aliphatic heterocycles. The van der Waals surface area contributed by atoms with Crippen molar-refractivity contribution in [2.75, 3.05) is 0 Å². The number of hydrogen-bond donors (Lipinski definition) is 4. The number of carboxylic acids is 4. The summed E-state index contributed by atoms with van der Waals surface area (Å²) in [6.07, 6.45) is 0. The highest BCUT2D eigenvalue weighted by atomic mass is 16.4. The molecule has 8 nitrogen and oxygen atoms in total. The smallest absolute Gasteiger partial charge is 0.323 e. The third kappa shape index (κ3) is 2.14. The fraction of sp³-hybridized carbons (Fsp3) is 0.692. The van der Waals surface area contributed by atoms with Crippen LogP contribution in [-0.2, 0) is 19.2 Å². The van der Waals surface area contributed by atoms with E-state index in [2.05, 4.69) is 0 Å². The molecule has 8 heteroatoms. The molecule has 0 aromatic carbocycles. The lowest BCUT2D eigenvalue weighted by Crippen LogP contribution is -2.67. The fourth-order valence-corrected chi connectivity index (χ4v) is 2.56. The third-order valence-corrected chi connectivity index (χ3v) is 4.66. The van der Waals surface area contributed by atoms with Crippen molar-refractivity contribution >= 4 is 23.9 Å². The van der Waals surface area contributed by atoms with Crippen molar-refractivity contribution in [2.24, 2.45) is 22.2 Å². The van der Waals surface area contributed by atoms with Gasteiger partial charge in [0.2, 0.25) is 0 Å². The zero-order valence-corrected chi connectivity index (χ0v) is 12.5. The average molecular weight is 304 g/mol. The summed E-state index contributed by atoms with van der Waals surface area (Å²) < 4.78 is 0. The summed E-state index contributed by atoms with van der Waals surface area (Å²) in [4.78, 5) is 46.5. The number of aliphatic carboxylic acids is 4. The lowest BCUT2D eigenvalue weighted by molar-refractivity contribution is -0.209. The molecule has 0 aromatic heterocycles. The summed E-state index contributed by atoms with van der Waals surface area (Å²) >= 11 is 0. The molecule has 0 aromatic rings. The molecule has 0 heterocycles. The Morgan fingerprint density at radius 1 is 0.714 bits per heavy atom. The van der Waals surface area contributed by atoms with Gasteiger partial charge in [-0.3, -0.25) is 19.2 Å². The first-order valence-corrected chi connectivity index (χ1v) is 6.15. The SMILES string of the molecule is CC(C)C(C)(C)C(C(=O)O)(C(=O)O)C(C)(C(=O)O)C(=O)O. The summed E-state index contributed by atoms with van der Waals surface area (Å²) in [5.74, 6) is -8.65. The van der Waals surface area contributed by atoms with Gasteiger partial charge in [-0.05, 0) is 18.3 Å². The van der Waals surface area contributed by atoms with Crippen LogP contribution in [0.1, 0.15) is 34.6 Å². The van der Waals surface area contributed by atoms with Crippen LogP contribution in [0.3, 0.4) is 0 Å². The third-order valence-electron chi connectivity index (χ3n) is 4.66. The number of hydrogen-bond acceptors (Lipinski definition) is 4. The van der Waals surface area contributed by atoms with E-state index in [0.717, 1.165) is 0 Å². The van der Waals surface area contributed by atoms with Crippen molar-refractivity contribution in [3.8, 4) is 0 Å². The van der Waals surface area contributed by atoms with E-state index in [-0.39, 0.29) is 0 Å². The molecule has 21 heavy (non-hydrogen) atoms. The van der Waals surface area contributed by atoms with Gasteiger partial charge in [-0.15, -0.1) is 0 Å². The van der Waals surface area contributed by atoms with Gasteiger partial charge in [0.05, 0.1) is 0 Å². The molecular weight excluding hydrogens is 284 g/mol. The predicted molar refractivity (Wildman–Crippen MR) is 69.7 cm³/mol. The quantitative estimate of drug-likeness (QED) is 0.509. The van der Waals surface area contributed by atoms with Crippen LogP contribution in [0.5, 0.6) is 0 Å². The second-order valence-electron chi connectivity index (χ2n) is 5.97.